The minimum absolute atomic E-state index is 0. The Morgan fingerprint density at radius 2 is 1.26 bits per heavy atom. The molecule has 169 valence electrons. The number of nitrogens with zero attached hydrogens (tertiary/aromatic N) is 2. The fourth-order valence-electron chi connectivity index (χ4n) is 4.19. The molecular weight excluding hydrogens is 476 g/mol. The molecule has 6 rings (SSSR count). The molecule has 0 saturated carbocycles. The molecule has 3 aromatic heterocycles. The predicted molar refractivity (Wildman–Crippen MR) is 130 cm³/mol. The smallest absolute Gasteiger partial charge is 0.338 e. The van der Waals surface area contributed by atoms with E-state index in [-0.39, 0.29) is 22.6 Å². The molecule has 3 N–H and O–H groups in total. The van der Waals surface area contributed by atoms with Gasteiger partial charge >= 0.3 is 5.97 Å². The van der Waals surface area contributed by atoms with Gasteiger partial charge < -0.3 is 15.1 Å². The van der Waals surface area contributed by atoms with E-state index >= 15 is 0 Å². The number of fused-ring (bicyclic) bond motifs is 8. The number of benzene rings is 1. The van der Waals surface area contributed by atoms with E-state index in [9.17, 15) is 9.90 Å². The van der Waals surface area contributed by atoms with Crippen molar-refractivity contribution in [2.75, 3.05) is 0 Å². The number of aromatic amines is 2. The Kier molecular flexibility index (Phi) is 5.49. The van der Waals surface area contributed by atoms with Crippen molar-refractivity contribution in [1.29, 1.82) is 0 Å². The Balaban J connectivity index is 0.00000241. The van der Waals surface area contributed by atoms with E-state index in [4.69, 9.17) is 4.98 Å². The molecule has 0 amide bonds. The second kappa shape index (κ2) is 8.63. The summed E-state index contributed by atoms with van der Waals surface area (Å²) in [5.41, 5.74) is 7.61. The Morgan fingerprint density at radius 1 is 0.676 bits per heavy atom. The molecule has 34 heavy (non-hydrogen) atoms. The van der Waals surface area contributed by atoms with Crippen LogP contribution in [0.4, 0.5) is 0 Å². The maximum Gasteiger partial charge on any atom is 0.338 e. The van der Waals surface area contributed by atoms with Crippen LogP contribution in [0.1, 0.15) is 28.3 Å². The van der Waals surface area contributed by atoms with Gasteiger partial charge in [0.15, 0.2) is 0 Å². The summed E-state index contributed by atoms with van der Waals surface area (Å²) in [6.45, 7) is 0. The zero-order valence-electron chi connectivity index (χ0n) is 17.7. The van der Waals surface area contributed by atoms with Crippen LogP contribution in [-0.2, 0) is 21.9 Å². The van der Waals surface area contributed by atoms with Crippen molar-refractivity contribution < 1.29 is 27.0 Å². The number of aromatic nitrogens is 4. The normalized spacial score (nSPS) is 12.5. The quantitative estimate of drug-likeness (QED) is 0.282. The number of rotatable bonds is 2. The van der Waals surface area contributed by atoms with Crippen LogP contribution in [0.5, 0.6) is 0 Å². The molecule has 5 heterocycles. The molecule has 0 spiro atoms. The molecule has 0 atom stereocenters. The molecule has 8 bridgehead atoms. The molecule has 0 saturated heterocycles. The molecule has 2 aliphatic rings. The summed E-state index contributed by atoms with van der Waals surface area (Å²) in [6, 6.07) is 25.0. The standard InChI is InChI=1S/C27H18N4O2.Cu/c32-27(33)26-24-15-22-11-9-20(30-22)13-18-7-6-17(28-18)12-19-8-10-21(29-19)14-23(31-24)25(26)16-4-2-1-3-5-16;/h1-15,28-29H,(H,32,33);. The summed E-state index contributed by atoms with van der Waals surface area (Å²) < 4.78 is 0. The largest absolute Gasteiger partial charge is 0.478 e. The summed E-state index contributed by atoms with van der Waals surface area (Å²) in [7, 11) is 0. The molecule has 7 heteroatoms. The van der Waals surface area contributed by atoms with Crippen LogP contribution in [0.3, 0.4) is 0 Å². The number of nitrogens with one attached hydrogen (secondary N) is 2. The third kappa shape index (κ3) is 3.99. The van der Waals surface area contributed by atoms with Gasteiger partial charge in [0, 0.05) is 44.7 Å². The van der Waals surface area contributed by atoms with Gasteiger partial charge in [0.25, 0.3) is 0 Å². The van der Waals surface area contributed by atoms with Gasteiger partial charge in [0.1, 0.15) is 0 Å². The van der Waals surface area contributed by atoms with Gasteiger partial charge in [-0.1, -0.05) is 30.3 Å². The predicted octanol–water partition coefficient (Wildman–Crippen LogP) is 5.53. The Hall–Kier alpha value is -4.19. The van der Waals surface area contributed by atoms with Gasteiger partial charge in [-0.2, -0.15) is 0 Å². The van der Waals surface area contributed by atoms with Gasteiger partial charge in [-0.25, -0.2) is 14.8 Å². The minimum Gasteiger partial charge on any atom is -0.478 e. The van der Waals surface area contributed by atoms with E-state index in [2.05, 4.69) is 15.0 Å². The molecule has 2 aliphatic heterocycles. The van der Waals surface area contributed by atoms with Gasteiger partial charge in [-0.15, -0.1) is 0 Å². The molecular formula is C27H18CuN4O2. The van der Waals surface area contributed by atoms with Gasteiger partial charge in [0.05, 0.1) is 28.3 Å². The SMILES string of the molecule is O=C(O)C1=C(c2ccccc2)c2cc3ccc(cc4ccc(cc5nc(cc1n2)C=C5)[nH]4)[nH]3.[Cu]. The zero-order valence-corrected chi connectivity index (χ0v) is 18.7. The second-order valence-corrected chi connectivity index (χ2v) is 7.91. The Bertz CT molecular complexity index is 1650. The van der Waals surface area contributed by atoms with E-state index in [0.29, 0.717) is 22.7 Å². The number of carbonyl (C=O) groups is 1. The summed E-state index contributed by atoms with van der Waals surface area (Å²) in [6.07, 6.45) is 3.77. The molecule has 1 radical (unpaired) electrons. The molecule has 0 aliphatic carbocycles. The average Bonchev–Trinajstić information content (AvgIpc) is 3.58. The van der Waals surface area contributed by atoms with Crippen molar-refractivity contribution in [3.8, 4) is 0 Å². The summed E-state index contributed by atoms with van der Waals surface area (Å²) in [4.78, 5) is 28.5. The zero-order chi connectivity index (χ0) is 22.4. The molecule has 0 fully saturated rings. The van der Waals surface area contributed by atoms with Crippen LogP contribution in [0.25, 0.3) is 45.4 Å². The Labute approximate surface area is 205 Å². The van der Waals surface area contributed by atoms with Crippen LogP contribution in [0, 0.1) is 0 Å². The summed E-state index contributed by atoms with van der Waals surface area (Å²) >= 11 is 0. The number of carboxylic acid groups (broad SMARTS) is 1. The number of carboxylic acids is 1. The first-order valence-electron chi connectivity index (χ1n) is 10.5. The summed E-state index contributed by atoms with van der Waals surface area (Å²) in [5.74, 6) is -1.03. The van der Waals surface area contributed by atoms with E-state index < -0.39 is 5.97 Å². The average molecular weight is 494 g/mol. The third-order valence-electron chi connectivity index (χ3n) is 5.62. The van der Waals surface area contributed by atoms with Gasteiger partial charge in [0.2, 0.25) is 0 Å². The monoisotopic (exact) mass is 493 g/mol. The van der Waals surface area contributed by atoms with Crippen LogP contribution >= 0.6 is 0 Å². The van der Waals surface area contributed by atoms with Crippen molar-refractivity contribution in [1.82, 2.24) is 19.9 Å². The maximum atomic E-state index is 12.4. The Morgan fingerprint density at radius 3 is 1.91 bits per heavy atom. The molecule has 1 aromatic carbocycles. The minimum atomic E-state index is -1.03. The van der Waals surface area contributed by atoms with Crippen LogP contribution in [0.15, 0.2) is 78.9 Å². The third-order valence-corrected chi connectivity index (χ3v) is 5.62. The van der Waals surface area contributed by atoms with Gasteiger partial charge in [-0.3, -0.25) is 0 Å². The number of hydrogen-bond donors (Lipinski definition) is 3. The number of aliphatic carboxylic acids is 1. The number of hydrogen-bond acceptors (Lipinski definition) is 3. The topological polar surface area (TPSA) is 94.7 Å². The van der Waals surface area contributed by atoms with Crippen LogP contribution < -0.4 is 0 Å². The van der Waals surface area contributed by atoms with Crippen molar-refractivity contribution in [3.05, 3.63) is 107 Å². The van der Waals surface area contributed by atoms with Crippen molar-refractivity contribution in [2.24, 2.45) is 0 Å². The molecule has 4 aromatic rings. The first kappa shape index (κ1) is 21.6. The molecule has 6 nitrogen and oxygen atoms in total. The van der Waals surface area contributed by atoms with E-state index in [0.717, 1.165) is 33.3 Å². The fraction of sp³-hybridized carbons (Fsp3) is 0. The van der Waals surface area contributed by atoms with E-state index in [1.165, 1.54) is 0 Å². The second-order valence-electron chi connectivity index (χ2n) is 7.91. The molecule has 0 unspecified atom stereocenters. The first-order chi connectivity index (χ1) is 16.1. The summed E-state index contributed by atoms with van der Waals surface area (Å²) in [5, 5.41) is 10.1. The van der Waals surface area contributed by atoms with Crippen molar-refractivity contribution in [2.45, 2.75) is 0 Å². The van der Waals surface area contributed by atoms with Crippen molar-refractivity contribution in [3.63, 3.8) is 0 Å². The van der Waals surface area contributed by atoms with E-state index in [1.807, 2.05) is 84.9 Å². The first-order valence-corrected chi connectivity index (χ1v) is 10.5. The van der Waals surface area contributed by atoms with Crippen molar-refractivity contribution >= 4 is 51.3 Å². The van der Waals surface area contributed by atoms with Crippen LogP contribution in [-0.4, -0.2) is 31.0 Å². The maximum absolute atomic E-state index is 12.4. The number of H-pyrrole nitrogens is 2. The van der Waals surface area contributed by atoms with E-state index in [1.54, 1.807) is 6.07 Å². The fourth-order valence-corrected chi connectivity index (χ4v) is 4.19. The van der Waals surface area contributed by atoms with Gasteiger partial charge in [-0.05, 0) is 66.2 Å². The van der Waals surface area contributed by atoms with Crippen LogP contribution in [0.2, 0.25) is 0 Å².